The van der Waals surface area contributed by atoms with E-state index in [2.05, 4.69) is 51.3 Å². The molecule has 3 rings (SSSR count). The van der Waals surface area contributed by atoms with Crippen LogP contribution in [0.2, 0.25) is 0 Å². The van der Waals surface area contributed by atoms with E-state index >= 15 is 0 Å². The van der Waals surface area contributed by atoms with Gasteiger partial charge in [-0.2, -0.15) is 0 Å². The number of thiophene rings is 1. The summed E-state index contributed by atoms with van der Waals surface area (Å²) in [6.07, 6.45) is 1.74. The standard InChI is InChI=1S/C26H36N2O3S/c1-18(2)10-13-27(20(5)29)16-26(30)28-14-11-25-23(12-15-32-25)24(28)17-31-22-8-6-21(7-9-22)19(3)4/h6-9,12,15,18-19,24H,10-11,13-14,16-17H2,1-5H3. The first-order valence-corrected chi connectivity index (χ1v) is 12.5. The average molecular weight is 457 g/mol. The molecule has 32 heavy (non-hydrogen) atoms. The second-order valence-electron chi connectivity index (χ2n) is 9.31. The van der Waals surface area contributed by atoms with E-state index in [-0.39, 0.29) is 24.4 Å². The second-order valence-corrected chi connectivity index (χ2v) is 10.3. The van der Waals surface area contributed by atoms with Gasteiger partial charge >= 0.3 is 0 Å². The monoisotopic (exact) mass is 456 g/mol. The van der Waals surface area contributed by atoms with Crippen molar-refractivity contribution < 1.29 is 14.3 Å². The van der Waals surface area contributed by atoms with E-state index in [4.69, 9.17) is 4.74 Å². The third-order valence-corrected chi connectivity index (χ3v) is 7.11. The van der Waals surface area contributed by atoms with E-state index in [9.17, 15) is 9.59 Å². The first-order chi connectivity index (χ1) is 15.3. The van der Waals surface area contributed by atoms with Crippen molar-refractivity contribution >= 4 is 23.2 Å². The average Bonchev–Trinajstić information content (AvgIpc) is 3.23. The number of fused-ring (bicyclic) bond motifs is 1. The molecule has 1 aliphatic rings. The summed E-state index contributed by atoms with van der Waals surface area (Å²) in [5.41, 5.74) is 2.45. The fourth-order valence-electron chi connectivity index (χ4n) is 4.01. The van der Waals surface area contributed by atoms with Crippen LogP contribution in [0.1, 0.15) is 69.0 Å². The number of benzene rings is 1. The van der Waals surface area contributed by atoms with Gasteiger partial charge in [0.25, 0.3) is 0 Å². The molecule has 1 unspecified atom stereocenters. The van der Waals surface area contributed by atoms with Gasteiger partial charge in [0.05, 0.1) is 12.6 Å². The minimum absolute atomic E-state index is 0.00966. The third kappa shape index (κ3) is 6.12. The van der Waals surface area contributed by atoms with Crippen LogP contribution in [-0.4, -0.2) is 47.9 Å². The maximum absolute atomic E-state index is 13.3. The Labute approximate surface area is 196 Å². The van der Waals surface area contributed by atoms with Crippen molar-refractivity contribution in [2.24, 2.45) is 5.92 Å². The van der Waals surface area contributed by atoms with Gasteiger partial charge in [-0.1, -0.05) is 39.8 Å². The molecule has 1 aromatic heterocycles. The van der Waals surface area contributed by atoms with Crippen LogP contribution in [0.4, 0.5) is 0 Å². The van der Waals surface area contributed by atoms with E-state index < -0.39 is 0 Å². The number of hydrogen-bond donors (Lipinski definition) is 0. The SMILES string of the molecule is CC(=O)N(CCC(C)C)CC(=O)N1CCc2sccc2C1COc1ccc(C(C)C)cc1. The molecule has 0 radical (unpaired) electrons. The maximum atomic E-state index is 13.3. The summed E-state index contributed by atoms with van der Waals surface area (Å²) in [7, 11) is 0. The predicted molar refractivity (Wildman–Crippen MR) is 130 cm³/mol. The van der Waals surface area contributed by atoms with Gasteiger partial charge in [-0.25, -0.2) is 0 Å². The summed E-state index contributed by atoms with van der Waals surface area (Å²) in [6, 6.07) is 10.2. The summed E-state index contributed by atoms with van der Waals surface area (Å²) >= 11 is 1.74. The highest BCUT2D eigenvalue weighted by atomic mass is 32.1. The van der Waals surface area contributed by atoms with E-state index in [0.717, 1.165) is 18.6 Å². The maximum Gasteiger partial charge on any atom is 0.242 e. The highest BCUT2D eigenvalue weighted by molar-refractivity contribution is 7.10. The molecule has 174 valence electrons. The van der Waals surface area contributed by atoms with Crippen molar-refractivity contribution in [3.8, 4) is 5.75 Å². The van der Waals surface area contributed by atoms with Crippen molar-refractivity contribution in [1.29, 1.82) is 0 Å². The molecule has 2 heterocycles. The number of amides is 2. The zero-order chi connectivity index (χ0) is 23.3. The summed E-state index contributed by atoms with van der Waals surface area (Å²) in [5.74, 6) is 1.71. The lowest BCUT2D eigenvalue weighted by Crippen LogP contribution is -2.47. The Morgan fingerprint density at radius 2 is 1.88 bits per heavy atom. The number of ether oxygens (including phenoxy) is 1. The van der Waals surface area contributed by atoms with Gasteiger partial charge in [0.2, 0.25) is 11.8 Å². The zero-order valence-corrected chi connectivity index (χ0v) is 20.8. The Kier molecular flexibility index (Phi) is 8.35. The summed E-state index contributed by atoms with van der Waals surface area (Å²) in [5, 5.41) is 2.09. The summed E-state index contributed by atoms with van der Waals surface area (Å²) < 4.78 is 6.15. The van der Waals surface area contributed by atoms with Gasteiger partial charge < -0.3 is 14.5 Å². The molecule has 0 bridgehead atoms. The molecule has 2 amide bonds. The molecule has 6 heteroatoms. The third-order valence-electron chi connectivity index (χ3n) is 6.12. The van der Waals surface area contributed by atoms with E-state index in [0.29, 0.717) is 31.5 Å². The van der Waals surface area contributed by atoms with Crippen molar-refractivity contribution in [1.82, 2.24) is 9.80 Å². The Bertz CT molecular complexity index is 904. The normalized spacial score (nSPS) is 15.7. The van der Waals surface area contributed by atoms with Crippen LogP contribution in [0.15, 0.2) is 35.7 Å². The van der Waals surface area contributed by atoms with Crippen LogP contribution in [0.25, 0.3) is 0 Å². The Morgan fingerprint density at radius 1 is 1.16 bits per heavy atom. The van der Waals surface area contributed by atoms with Gasteiger partial charge in [0, 0.05) is 24.9 Å². The van der Waals surface area contributed by atoms with Gasteiger partial charge in [-0.05, 0) is 59.4 Å². The molecule has 0 saturated heterocycles. The highest BCUT2D eigenvalue weighted by Gasteiger charge is 2.33. The minimum atomic E-state index is -0.138. The molecule has 1 atom stereocenters. The quantitative estimate of drug-likeness (QED) is 0.516. The lowest BCUT2D eigenvalue weighted by atomic mass is 10.00. The van der Waals surface area contributed by atoms with E-state index in [1.807, 2.05) is 17.0 Å². The minimum Gasteiger partial charge on any atom is -0.491 e. The van der Waals surface area contributed by atoms with Gasteiger partial charge in [-0.15, -0.1) is 11.3 Å². The largest absolute Gasteiger partial charge is 0.491 e. The second kappa shape index (κ2) is 11.0. The lowest BCUT2D eigenvalue weighted by molar-refractivity contribution is -0.142. The van der Waals surface area contributed by atoms with Crippen molar-refractivity contribution in [3.63, 3.8) is 0 Å². The molecular weight excluding hydrogens is 420 g/mol. The number of carbonyl (C=O) groups excluding carboxylic acids is 2. The van der Waals surface area contributed by atoms with Crippen LogP contribution in [-0.2, 0) is 16.0 Å². The van der Waals surface area contributed by atoms with Gasteiger partial charge in [0.15, 0.2) is 0 Å². The molecule has 5 nitrogen and oxygen atoms in total. The summed E-state index contributed by atoms with van der Waals surface area (Å²) in [4.78, 5) is 30.3. The Balaban J connectivity index is 1.72. The zero-order valence-electron chi connectivity index (χ0n) is 20.0. The van der Waals surface area contributed by atoms with Crippen LogP contribution in [0, 0.1) is 5.92 Å². The predicted octanol–water partition coefficient (Wildman–Crippen LogP) is 5.27. The molecule has 2 aromatic rings. The van der Waals surface area contributed by atoms with Crippen LogP contribution < -0.4 is 4.74 Å². The number of nitrogens with zero attached hydrogens (tertiary/aromatic N) is 2. The fourth-order valence-corrected chi connectivity index (χ4v) is 4.94. The molecule has 1 aromatic carbocycles. The summed E-state index contributed by atoms with van der Waals surface area (Å²) in [6.45, 7) is 11.9. The topological polar surface area (TPSA) is 49.9 Å². The van der Waals surface area contributed by atoms with Crippen LogP contribution in [0.3, 0.4) is 0 Å². The molecule has 0 N–H and O–H groups in total. The first kappa shape index (κ1) is 24.3. The molecule has 0 saturated carbocycles. The van der Waals surface area contributed by atoms with Gasteiger partial charge in [-0.3, -0.25) is 9.59 Å². The number of hydrogen-bond acceptors (Lipinski definition) is 4. The molecular formula is C26H36N2O3S. The number of carbonyl (C=O) groups is 2. The first-order valence-electron chi connectivity index (χ1n) is 11.6. The fraction of sp³-hybridized carbons (Fsp3) is 0.538. The molecule has 1 aliphatic heterocycles. The smallest absolute Gasteiger partial charge is 0.242 e. The van der Waals surface area contributed by atoms with Crippen LogP contribution in [0.5, 0.6) is 5.75 Å². The molecule has 0 spiro atoms. The van der Waals surface area contributed by atoms with E-state index in [1.54, 1.807) is 23.2 Å². The van der Waals surface area contributed by atoms with Crippen molar-refractivity contribution in [3.05, 3.63) is 51.7 Å². The van der Waals surface area contributed by atoms with Crippen molar-refractivity contribution in [2.75, 3.05) is 26.2 Å². The highest BCUT2D eigenvalue weighted by Crippen LogP contribution is 2.34. The van der Waals surface area contributed by atoms with Crippen LogP contribution >= 0.6 is 11.3 Å². The van der Waals surface area contributed by atoms with E-state index in [1.165, 1.54) is 16.0 Å². The van der Waals surface area contributed by atoms with Gasteiger partial charge in [0.1, 0.15) is 12.4 Å². The molecule has 0 fully saturated rings. The Morgan fingerprint density at radius 3 is 2.50 bits per heavy atom. The van der Waals surface area contributed by atoms with Crippen molar-refractivity contribution in [2.45, 2.75) is 59.4 Å². The Hall–Kier alpha value is -2.34. The lowest BCUT2D eigenvalue weighted by Gasteiger charge is -2.37. The number of rotatable bonds is 9. The molecule has 0 aliphatic carbocycles.